The fraction of sp³-hybridized carbons (Fsp3) is 0.444. The van der Waals surface area contributed by atoms with Crippen LogP contribution in [0.1, 0.15) is 51.7 Å². The molecule has 2 aromatic heterocycles. The normalized spacial score (nSPS) is 12.2. The van der Waals surface area contributed by atoms with Crippen molar-refractivity contribution in [3.63, 3.8) is 0 Å². The number of nitrogens with one attached hydrogen (secondary N) is 1. The first-order valence-corrected chi connectivity index (χ1v) is 8.01. The maximum Gasteiger partial charge on any atom is 0.355 e. The van der Waals surface area contributed by atoms with Gasteiger partial charge in [0.15, 0.2) is 5.78 Å². The van der Waals surface area contributed by atoms with Crippen LogP contribution >= 0.6 is 0 Å². The molecule has 6 nitrogen and oxygen atoms in total. The number of Topliss-reactive ketones (excluding diaryl/α,β-unsaturated/α-hetero) is 1. The third-order valence-corrected chi connectivity index (χ3v) is 4.20. The van der Waals surface area contributed by atoms with Crippen molar-refractivity contribution < 1.29 is 18.7 Å². The predicted molar refractivity (Wildman–Crippen MR) is 90.2 cm³/mol. The van der Waals surface area contributed by atoms with E-state index in [1.165, 1.54) is 0 Å². The van der Waals surface area contributed by atoms with Gasteiger partial charge in [-0.25, -0.2) is 4.79 Å². The molecular weight excluding hydrogens is 308 g/mol. The third-order valence-electron chi connectivity index (χ3n) is 4.20. The SMILES string of the molecule is CCOC(=O)c1c(C)c(C(=O)C(C)NCc2ccco2)c(C)n1C. The first kappa shape index (κ1) is 18.0. The van der Waals surface area contributed by atoms with Gasteiger partial charge in [0, 0.05) is 18.3 Å². The van der Waals surface area contributed by atoms with E-state index < -0.39 is 12.0 Å². The molecule has 1 unspecified atom stereocenters. The Kier molecular flexibility index (Phi) is 5.62. The zero-order chi connectivity index (χ0) is 17.9. The Morgan fingerprint density at radius 3 is 2.67 bits per heavy atom. The molecule has 0 fully saturated rings. The van der Waals surface area contributed by atoms with Gasteiger partial charge in [-0.3, -0.25) is 4.79 Å². The number of carbonyl (C=O) groups is 2. The number of nitrogens with zero attached hydrogens (tertiary/aromatic N) is 1. The number of ether oxygens (including phenoxy) is 1. The first-order chi connectivity index (χ1) is 11.4. The lowest BCUT2D eigenvalue weighted by Gasteiger charge is -2.12. The van der Waals surface area contributed by atoms with Gasteiger partial charge in [0.1, 0.15) is 11.5 Å². The molecule has 24 heavy (non-hydrogen) atoms. The lowest BCUT2D eigenvalue weighted by molar-refractivity contribution is 0.0514. The summed E-state index contributed by atoms with van der Waals surface area (Å²) in [4.78, 5) is 25.0. The zero-order valence-corrected chi connectivity index (χ0v) is 14.8. The highest BCUT2D eigenvalue weighted by Gasteiger charge is 2.27. The fourth-order valence-electron chi connectivity index (χ4n) is 2.81. The van der Waals surface area contributed by atoms with Crippen molar-refractivity contribution in [3.05, 3.63) is 46.7 Å². The average Bonchev–Trinajstić information content (AvgIpc) is 3.12. The molecule has 0 spiro atoms. The van der Waals surface area contributed by atoms with Crippen molar-refractivity contribution in [1.29, 1.82) is 0 Å². The molecule has 2 aromatic rings. The van der Waals surface area contributed by atoms with Crippen LogP contribution in [0.3, 0.4) is 0 Å². The minimum atomic E-state index is -0.407. The van der Waals surface area contributed by atoms with E-state index >= 15 is 0 Å². The van der Waals surface area contributed by atoms with Gasteiger partial charge in [-0.1, -0.05) is 0 Å². The molecule has 0 radical (unpaired) electrons. The Labute approximate surface area is 141 Å². The maximum absolute atomic E-state index is 12.8. The summed E-state index contributed by atoms with van der Waals surface area (Å²) in [6, 6.07) is 3.26. The molecule has 0 aliphatic rings. The average molecular weight is 332 g/mol. The van der Waals surface area contributed by atoms with Gasteiger partial charge < -0.3 is 19.0 Å². The third kappa shape index (κ3) is 3.43. The Morgan fingerprint density at radius 1 is 1.38 bits per heavy atom. The van der Waals surface area contributed by atoms with Crippen LogP contribution in [-0.4, -0.2) is 29.0 Å². The molecular formula is C18H24N2O4. The van der Waals surface area contributed by atoms with Crippen LogP contribution in [0.25, 0.3) is 0 Å². The van der Waals surface area contributed by atoms with Crippen molar-refractivity contribution in [3.8, 4) is 0 Å². The number of hydrogen-bond donors (Lipinski definition) is 1. The molecule has 2 rings (SSSR count). The van der Waals surface area contributed by atoms with Gasteiger partial charge in [-0.15, -0.1) is 0 Å². The number of aromatic nitrogens is 1. The van der Waals surface area contributed by atoms with Crippen molar-refractivity contribution in [2.45, 2.75) is 40.3 Å². The molecule has 0 bridgehead atoms. The molecule has 1 atom stereocenters. The number of furan rings is 1. The van der Waals surface area contributed by atoms with E-state index in [-0.39, 0.29) is 5.78 Å². The van der Waals surface area contributed by atoms with E-state index in [1.807, 2.05) is 13.0 Å². The van der Waals surface area contributed by atoms with Gasteiger partial charge in [-0.2, -0.15) is 0 Å². The fourth-order valence-corrected chi connectivity index (χ4v) is 2.81. The van der Waals surface area contributed by atoms with Crippen LogP contribution in [0.5, 0.6) is 0 Å². The Hall–Kier alpha value is -2.34. The molecule has 2 heterocycles. The monoisotopic (exact) mass is 332 g/mol. The number of carbonyl (C=O) groups excluding carboxylic acids is 2. The lowest BCUT2D eigenvalue weighted by Crippen LogP contribution is -2.34. The standard InChI is InChI=1S/C18H24N2O4/c1-6-23-18(22)16-11(2)15(13(4)20(16)5)17(21)12(3)19-10-14-8-7-9-24-14/h7-9,12,19H,6,10H2,1-5H3. The summed E-state index contributed by atoms with van der Waals surface area (Å²) >= 11 is 0. The largest absolute Gasteiger partial charge is 0.468 e. The summed E-state index contributed by atoms with van der Waals surface area (Å²) in [5.41, 5.74) is 2.41. The highest BCUT2D eigenvalue weighted by atomic mass is 16.5. The van der Waals surface area contributed by atoms with Crippen molar-refractivity contribution in [1.82, 2.24) is 9.88 Å². The predicted octanol–water partition coefficient (Wildman–Crippen LogP) is 2.77. The van der Waals surface area contributed by atoms with E-state index in [9.17, 15) is 9.59 Å². The molecule has 1 N–H and O–H groups in total. The molecule has 6 heteroatoms. The summed E-state index contributed by atoms with van der Waals surface area (Å²) in [5.74, 6) is 0.307. The zero-order valence-electron chi connectivity index (χ0n) is 14.8. The number of ketones is 1. The van der Waals surface area contributed by atoms with Crippen LogP contribution in [0.15, 0.2) is 22.8 Å². The van der Waals surface area contributed by atoms with Crippen LogP contribution in [0, 0.1) is 13.8 Å². The summed E-state index contributed by atoms with van der Waals surface area (Å²) in [6.45, 7) is 7.95. The summed E-state index contributed by atoms with van der Waals surface area (Å²) < 4.78 is 12.1. The lowest BCUT2D eigenvalue weighted by atomic mass is 10.0. The van der Waals surface area contributed by atoms with E-state index in [1.54, 1.807) is 44.7 Å². The minimum absolute atomic E-state index is 0.0531. The number of hydrogen-bond acceptors (Lipinski definition) is 5. The maximum atomic E-state index is 12.8. The van der Waals surface area contributed by atoms with Gasteiger partial charge in [0.25, 0.3) is 0 Å². The second-order valence-corrected chi connectivity index (χ2v) is 5.76. The number of esters is 1. The van der Waals surface area contributed by atoms with Gasteiger partial charge >= 0.3 is 5.97 Å². The second-order valence-electron chi connectivity index (χ2n) is 5.76. The Morgan fingerprint density at radius 2 is 2.08 bits per heavy atom. The molecule has 130 valence electrons. The van der Waals surface area contributed by atoms with Crippen LogP contribution in [0.4, 0.5) is 0 Å². The van der Waals surface area contributed by atoms with Crippen LogP contribution in [-0.2, 0) is 18.3 Å². The van der Waals surface area contributed by atoms with Crippen molar-refractivity contribution >= 4 is 11.8 Å². The summed E-state index contributed by atoms with van der Waals surface area (Å²) in [7, 11) is 1.77. The van der Waals surface area contributed by atoms with Gasteiger partial charge in [0.2, 0.25) is 0 Å². The minimum Gasteiger partial charge on any atom is -0.468 e. The van der Waals surface area contributed by atoms with Crippen LogP contribution < -0.4 is 5.32 Å². The topological polar surface area (TPSA) is 73.5 Å². The van der Waals surface area contributed by atoms with E-state index in [0.717, 1.165) is 11.5 Å². The summed E-state index contributed by atoms with van der Waals surface area (Å²) in [5, 5.41) is 3.15. The highest BCUT2D eigenvalue weighted by Crippen LogP contribution is 2.23. The molecule has 0 saturated heterocycles. The van der Waals surface area contributed by atoms with E-state index in [4.69, 9.17) is 9.15 Å². The van der Waals surface area contributed by atoms with Crippen molar-refractivity contribution in [2.75, 3.05) is 6.61 Å². The molecule has 0 aliphatic heterocycles. The van der Waals surface area contributed by atoms with Crippen LogP contribution in [0.2, 0.25) is 0 Å². The molecule has 0 aliphatic carbocycles. The van der Waals surface area contributed by atoms with E-state index in [2.05, 4.69) is 5.32 Å². The number of rotatable bonds is 7. The summed E-state index contributed by atoms with van der Waals surface area (Å²) in [6.07, 6.45) is 1.60. The highest BCUT2D eigenvalue weighted by molar-refractivity contribution is 6.05. The van der Waals surface area contributed by atoms with Crippen molar-refractivity contribution in [2.24, 2.45) is 7.05 Å². The van der Waals surface area contributed by atoms with Gasteiger partial charge in [0.05, 0.1) is 25.5 Å². The van der Waals surface area contributed by atoms with E-state index in [0.29, 0.717) is 30.0 Å². The van der Waals surface area contributed by atoms with Gasteiger partial charge in [-0.05, 0) is 45.4 Å². The quantitative estimate of drug-likeness (QED) is 0.623. The molecule has 0 amide bonds. The Bertz CT molecular complexity index is 729. The molecule has 0 saturated carbocycles. The molecule has 0 aromatic carbocycles. The second kappa shape index (κ2) is 7.49. The smallest absolute Gasteiger partial charge is 0.355 e. The Balaban J connectivity index is 2.22. The first-order valence-electron chi connectivity index (χ1n) is 8.01.